The van der Waals surface area contributed by atoms with E-state index in [1.807, 2.05) is 11.9 Å². The summed E-state index contributed by atoms with van der Waals surface area (Å²) in [5.41, 5.74) is -0.0288. The molecule has 2 atom stereocenters. The summed E-state index contributed by atoms with van der Waals surface area (Å²) in [6.07, 6.45) is 1.86. The van der Waals surface area contributed by atoms with Gasteiger partial charge >= 0.3 is 0 Å². The van der Waals surface area contributed by atoms with Gasteiger partial charge in [0, 0.05) is 32.1 Å². The molecular weight excluding hydrogens is 288 g/mol. The van der Waals surface area contributed by atoms with Crippen LogP contribution in [0, 0.1) is 5.41 Å². The molecule has 0 aromatic heterocycles. The molecule has 0 bridgehead atoms. The van der Waals surface area contributed by atoms with Gasteiger partial charge in [-0.25, -0.2) is 8.42 Å². The van der Waals surface area contributed by atoms with Gasteiger partial charge in [-0.15, -0.1) is 0 Å². The Morgan fingerprint density at radius 1 is 1.14 bits per heavy atom. The zero-order valence-electron chi connectivity index (χ0n) is 13.6. The molecule has 2 saturated heterocycles. The Morgan fingerprint density at radius 3 is 2.38 bits per heavy atom. The molecule has 0 spiro atoms. The van der Waals surface area contributed by atoms with Gasteiger partial charge < -0.3 is 9.80 Å². The molecule has 2 aliphatic rings. The number of nitrogens with zero attached hydrogens (tertiary/aromatic N) is 2. The fraction of sp³-hybridized carbons (Fsp3) is 0.933. The first-order chi connectivity index (χ1) is 9.60. The van der Waals surface area contributed by atoms with Gasteiger partial charge in [-0.05, 0) is 25.3 Å². The summed E-state index contributed by atoms with van der Waals surface area (Å²) in [5.74, 6) is 0.404. The minimum Gasteiger partial charge on any atom is -0.343 e. The van der Waals surface area contributed by atoms with Crippen molar-refractivity contribution in [2.45, 2.75) is 51.3 Å². The van der Waals surface area contributed by atoms with Gasteiger partial charge in [0.15, 0.2) is 9.84 Å². The molecule has 6 heteroatoms. The van der Waals surface area contributed by atoms with Crippen molar-refractivity contribution >= 4 is 15.7 Å². The third-order valence-corrected chi connectivity index (χ3v) is 6.82. The van der Waals surface area contributed by atoms with E-state index < -0.39 is 9.84 Å². The lowest BCUT2D eigenvalue weighted by Crippen LogP contribution is -2.52. The highest BCUT2D eigenvalue weighted by Gasteiger charge is 2.42. The van der Waals surface area contributed by atoms with Crippen LogP contribution in [0.25, 0.3) is 0 Å². The average Bonchev–Trinajstić information content (AvgIpc) is 2.56. The zero-order valence-corrected chi connectivity index (χ0v) is 14.4. The summed E-state index contributed by atoms with van der Waals surface area (Å²) < 4.78 is 24.6. The molecule has 5 nitrogen and oxygen atoms in total. The minimum atomic E-state index is -3.00. The summed E-state index contributed by atoms with van der Waals surface area (Å²) in [6.45, 7) is 8.03. The number of rotatable bonds is 1. The lowest BCUT2D eigenvalue weighted by molar-refractivity contribution is -0.133. The average molecular weight is 316 g/mol. The van der Waals surface area contributed by atoms with Gasteiger partial charge in [0.25, 0.3) is 0 Å². The molecule has 0 saturated carbocycles. The first-order valence-electron chi connectivity index (χ1n) is 7.80. The number of likely N-dealkylation sites (tertiary alicyclic amines) is 1. The van der Waals surface area contributed by atoms with Crippen molar-refractivity contribution in [3.8, 4) is 0 Å². The molecule has 2 heterocycles. The Hall–Kier alpha value is -0.620. The van der Waals surface area contributed by atoms with E-state index in [1.54, 1.807) is 0 Å². The quantitative estimate of drug-likeness (QED) is 0.728. The predicted octanol–water partition coefficient (Wildman–Crippen LogP) is 1.14. The summed E-state index contributed by atoms with van der Waals surface area (Å²) in [4.78, 5) is 16.4. The standard InChI is InChI=1S/C15H28N2O3S/c1-15(2,3)11-14(18)17-7-5-12-13(6-8-17)21(19,20)10-9-16(12)4/h12-13H,5-11H2,1-4H3/t12-,13+/m0/s1. The van der Waals surface area contributed by atoms with Crippen molar-refractivity contribution in [1.82, 2.24) is 9.80 Å². The fourth-order valence-corrected chi connectivity index (χ4v) is 5.52. The molecule has 0 aromatic rings. The van der Waals surface area contributed by atoms with Crippen molar-refractivity contribution in [3.05, 3.63) is 0 Å². The molecular formula is C15H28N2O3S. The second kappa shape index (κ2) is 5.88. The Morgan fingerprint density at radius 2 is 1.76 bits per heavy atom. The van der Waals surface area contributed by atoms with Crippen molar-refractivity contribution < 1.29 is 13.2 Å². The highest BCUT2D eigenvalue weighted by Crippen LogP contribution is 2.28. The van der Waals surface area contributed by atoms with Crippen molar-refractivity contribution in [2.24, 2.45) is 5.41 Å². The summed E-state index contributed by atoms with van der Waals surface area (Å²) in [6, 6.07) is 0.0659. The molecule has 0 aliphatic carbocycles. The van der Waals surface area contributed by atoms with Crippen molar-refractivity contribution in [2.75, 3.05) is 32.4 Å². The zero-order chi connectivity index (χ0) is 15.8. The Balaban J connectivity index is 2.09. The molecule has 0 radical (unpaired) electrons. The first kappa shape index (κ1) is 16.7. The van der Waals surface area contributed by atoms with Gasteiger partial charge in [-0.2, -0.15) is 0 Å². The number of carbonyl (C=O) groups is 1. The minimum absolute atomic E-state index is 0.0288. The maximum absolute atomic E-state index is 12.4. The van der Waals surface area contributed by atoms with Crippen LogP contribution in [0.15, 0.2) is 0 Å². The lowest BCUT2D eigenvalue weighted by atomic mass is 9.91. The van der Waals surface area contributed by atoms with Crippen molar-refractivity contribution in [1.29, 1.82) is 0 Å². The molecule has 1 amide bonds. The van der Waals surface area contributed by atoms with Crippen LogP contribution in [0.3, 0.4) is 0 Å². The number of fused-ring (bicyclic) bond motifs is 1. The fourth-order valence-electron chi connectivity index (χ4n) is 3.39. The van der Waals surface area contributed by atoms with E-state index in [9.17, 15) is 13.2 Å². The van der Waals surface area contributed by atoms with E-state index in [4.69, 9.17) is 0 Å². The number of sulfone groups is 1. The second-order valence-corrected chi connectivity index (χ2v) is 9.99. The number of hydrogen-bond donors (Lipinski definition) is 0. The van der Waals surface area contributed by atoms with Gasteiger partial charge in [-0.1, -0.05) is 20.8 Å². The van der Waals surface area contributed by atoms with E-state index >= 15 is 0 Å². The number of hydrogen-bond acceptors (Lipinski definition) is 4. The largest absolute Gasteiger partial charge is 0.343 e. The Kier molecular flexibility index (Phi) is 4.69. The smallest absolute Gasteiger partial charge is 0.223 e. The van der Waals surface area contributed by atoms with Crippen molar-refractivity contribution in [3.63, 3.8) is 0 Å². The van der Waals surface area contributed by atoms with E-state index in [0.717, 1.165) is 6.42 Å². The van der Waals surface area contributed by atoms with Gasteiger partial charge in [0.05, 0.1) is 11.0 Å². The van der Waals surface area contributed by atoms with Crippen LogP contribution in [-0.4, -0.2) is 67.9 Å². The van der Waals surface area contributed by atoms with Crippen LogP contribution in [0.4, 0.5) is 0 Å². The van der Waals surface area contributed by atoms with Gasteiger partial charge in [0.1, 0.15) is 0 Å². The van der Waals surface area contributed by atoms with E-state index in [1.165, 1.54) is 0 Å². The third-order valence-electron chi connectivity index (χ3n) is 4.60. The normalized spacial score (nSPS) is 30.6. The van der Waals surface area contributed by atoms with Gasteiger partial charge in [-0.3, -0.25) is 4.79 Å². The van der Waals surface area contributed by atoms with E-state index in [-0.39, 0.29) is 28.4 Å². The SMILES string of the molecule is CN1CCS(=O)(=O)[C@@H]2CCN(C(=O)CC(C)(C)C)CC[C@@H]21. The van der Waals surface area contributed by atoms with Crippen LogP contribution in [0.2, 0.25) is 0 Å². The topological polar surface area (TPSA) is 57.7 Å². The molecule has 122 valence electrons. The van der Waals surface area contributed by atoms with E-state index in [0.29, 0.717) is 32.5 Å². The Labute approximate surface area is 128 Å². The highest BCUT2D eigenvalue weighted by atomic mass is 32.2. The molecule has 0 aromatic carbocycles. The maximum atomic E-state index is 12.4. The number of amides is 1. The predicted molar refractivity (Wildman–Crippen MR) is 83.9 cm³/mol. The van der Waals surface area contributed by atoms with E-state index in [2.05, 4.69) is 25.7 Å². The van der Waals surface area contributed by atoms with Crippen LogP contribution in [0.1, 0.15) is 40.0 Å². The molecule has 0 N–H and O–H groups in total. The number of carbonyl (C=O) groups excluding carboxylic acids is 1. The molecule has 2 fully saturated rings. The summed E-state index contributed by atoms with van der Waals surface area (Å²) in [7, 11) is -1.00. The van der Waals surface area contributed by atoms with Crippen LogP contribution >= 0.6 is 0 Å². The molecule has 0 unspecified atom stereocenters. The van der Waals surface area contributed by atoms with Crippen LogP contribution in [-0.2, 0) is 14.6 Å². The third kappa shape index (κ3) is 3.97. The lowest BCUT2D eigenvalue weighted by Gasteiger charge is -2.37. The van der Waals surface area contributed by atoms with Gasteiger partial charge in [0.2, 0.25) is 5.91 Å². The summed E-state index contributed by atoms with van der Waals surface area (Å²) >= 11 is 0. The Bertz CT molecular complexity index is 496. The molecule has 2 aliphatic heterocycles. The molecule has 2 rings (SSSR count). The summed E-state index contributed by atoms with van der Waals surface area (Å²) in [5, 5.41) is -0.302. The van der Waals surface area contributed by atoms with Crippen LogP contribution in [0.5, 0.6) is 0 Å². The first-order valence-corrected chi connectivity index (χ1v) is 9.51. The maximum Gasteiger partial charge on any atom is 0.223 e. The molecule has 21 heavy (non-hydrogen) atoms. The monoisotopic (exact) mass is 316 g/mol. The second-order valence-electron chi connectivity index (χ2n) is 7.65. The highest BCUT2D eigenvalue weighted by molar-refractivity contribution is 7.92. The van der Waals surface area contributed by atoms with Crippen LogP contribution < -0.4 is 0 Å².